The first-order valence-electron chi connectivity index (χ1n) is 9.29. The van der Waals surface area contributed by atoms with E-state index in [1.807, 2.05) is 42.5 Å². The van der Waals surface area contributed by atoms with Crippen molar-refractivity contribution in [3.05, 3.63) is 83.3 Å². The van der Waals surface area contributed by atoms with Crippen LogP contribution >= 0.6 is 0 Å². The lowest BCUT2D eigenvalue weighted by molar-refractivity contribution is 0.340. The summed E-state index contributed by atoms with van der Waals surface area (Å²) < 4.78 is 0. The molecule has 0 unspecified atom stereocenters. The minimum atomic E-state index is -1.63. The molecule has 1 aliphatic heterocycles. The van der Waals surface area contributed by atoms with Crippen LogP contribution < -0.4 is 10.6 Å². The van der Waals surface area contributed by atoms with Crippen molar-refractivity contribution in [1.82, 2.24) is 4.98 Å². The second-order valence-corrected chi connectivity index (χ2v) is 7.20. The van der Waals surface area contributed by atoms with Gasteiger partial charge >= 0.3 is 0 Å². The van der Waals surface area contributed by atoms with Crippen LogP contribution in [0.5, 0.6) is 0 Å². The predicted molar refractivity (Wildman–Crippen MR) is 108 cm³/mol. The maximum absolute atomic E-state index is 10.1. The van der Waals surface area contributed by atoms with E-state index in [9.17, 15) is 15.8 Å². The molecule has 2 aromatic rings. The number of nitriles is 3. The third-order valence-corrected chi connectivity index (χ3v) is 5.83. The van der Waals surface area contributed by atoms with Crippen LogP contribution in [-0.4, -0.2) is 18.1 Å². The predicted octanol–water partition coefficient (Wildman–Crippen LogP) is 3.01. The molecule has 4 rings (SSSR count). The van der Waals surface area contributed by atoms with Gasteiger partial charge in [-0.05, 0) is 29.3 Å². The van der Waals surface area contributed by atoms with Gasteiger partial charge in [-0.2, -0.15) is 15.8 Å². The van der Waals surface area contributed by atoms with Crippen LogP contribution in [0.25, 0.3) is 0 Å². The van der Waals surface area contributed by atoms with Gasteiger partial charge in [-0.1, -0.05) is 30.3 Å². The maximum atomic E-state index is 10.1. The van der Waals surface area contributed by atoms with E-state index in [0.717, 1.165) is 16.8 Å². The van der Waals surface area contributed by atoms with Crippen LogP contribution in [0.3, 0.4) is 0 Å². The van der Waals surface area contributed by atoms with Gasteiger partial charge in [-0.25, -0.2) is 0 Å². The van der Waals surface area contributed by atoms with Gasteiger partial charge in [0.05, 0.1) is 23.4 Å². The van der Waals surface area contributed by atoms with Crippen molar-refractivity contribution in [3.63, 3.8) is 0 Å². The lowest BCUT2D eigenvalue weighted by Gasteiger charge is -2.46. The second-order valence-electron chi connectivity index (χ2n) is 7.20. The van der Waals surface area contributed by atoms with Gasteiger partial charge in [0.2, 0.25) is 0 Å². The topological polar surface area (TPSA) is 114 Å². The quantitative estimate of drug-likeness (QED) is 0.859. The molecule has 1 aromatic carbocycles. The molecule has 0 bridgehead atoms. The number of benzene rings is 1. The summed E-state index contributed by atoms with van der Waals surface area (Å²) in [6.07, 6.45) is 5.33. The van der Waals surface area contributed by atoms with Crippen LogP contribution in [0.15, 0.2) is 77.8 Å². The van der Waals surface area contributed by atoms with E-state index in [4.69, 9.17) is 5.73 Å². The zero-order valence-corrected chi connectivity index (χ0v) is 15.7. The molecule has 29 heavy (non-hydrogen) atoms. The average Bonchev–Trinajstić information content (AvgIpc) is 2.79. The SMILES string of the molecule is N#CC1=C(N)C(C#N)(C#N)[C@H](c2cccnc2)[C@H]2CN(c3ccccc3)CC=C12. The summed E-state index contributed by atoms with van der Waals surface area (Å²) in [5.41, 5.74) is 7.60. The van der Waals surface area contributed by atoms with E-state index in [0.29, 0.717) is 13.1 Å². The Morgan fingerprint density at radius 3 is 2.45 bits per heavy atom. The fraction of sp³-hybridized carbons (Fsp3) is 0.217. The summed E-state index contributed by atoms with van der Waals surface area (Å²) in [5, 5.41) is 30.0. The molecule has 2 heterocycles. The Labute approximate surface area is 169 Å². The standard InChI is InChI=1S/C23H18N6/c24-11-19-18-8-10-29(17-6-2-1-3-7-17)13-20(18)21(16-5-4-9-28-12-16)23(14-25,15-26)22(19)27/h1-9,12,20-21H,10,13,27H2/t20-,21+/m0/s1. The summed E-state index contributed by atoms with van der Waals surface area (Å²) in [7, 11) is 0. The largest absolute Gasteiger partial charge is 0.399 e. The monoisotopic (exact) mass is 378 g/mol. The minimum absolute atomic E-state index is 0.0366. The normalized spacial score (nSPS) is 22.5. The summed E-state index contributed by atoms with van der Waals surface area (Å²) in [6, 6.07) is 20.1. The molecule has 2 N–H and O–H groups in total. The first-order chi connectivity index (χ1) is 14.2. The number of pyridine rings is 1. The smallest absolute Gasteiger partial charge is 0.191 e. The zero-order valence-electron chi connectivity index (χ0n) is 15.7. The number of anilines is 1. The molecule has 0 radical (unpaired) electrons. The molecule has 0 saturated carbocycles. The lowest BCUT2D eigenvalue weighted by Crippen LogP contribution is -2.48. The first kappa shape index (κ1) is 18.3. The van der Waals surface area contributed by atoms with Crippen LogP contribution in [0.2, 0.25) is 0 Å². The van der Waals surface area contributed by atoms with Crippen molar-refractivity contribution in [3.8, 4) is 18.2 Å². The molecule has 0 fully saturated rings. The fourth-order valence-electron chi connectivity index (χ4n) is 4.47. The highest BCUT2D eigenvalue weighted by Crippen LogP contribution is 2.54. The molecule has 6 heteroatoms. The van der Waals surface area contributed by atoms with Crippen LogP contribution in [0.1, 0.15) is 11.5 Å². The zero-order chi connectivity index (χ0) is 20.4. The van der Waals surface area contributed by atoms with Crippen molar-refractivity contribution in [2.45, 2.75) is 5.92 Å². The van der Waals surface area contributed by atoms with E-state index in [1.54, 1.807) is 18.5 Å². The number of hydrogen-bond acceptors (Lipinski definition) is 6. The number of hydrogen-bond donors (Lipinski definition) is 1. The summed E-state index contributed by atoms with van der Waals surface area (Å²) >= 11 is 0. The third-order valence-electron chi connectivity index (χ3n) is 5.83. The van der Waals surface area contributed by atoms with Crippen molar-refractivity contribution in [2.75, 3.05) is 18.0 Å². The van der Waals surface area contributed by atoms with E-state index in [-0.39, 0.29) is 17.2 Å². The molecule has 2 aliphatic rings. The highest BCUT2D eigenvalue weighted by atomic mass is 15.1. The van der Waals surface area contributed by atoms with Gasteiger partial charge < -0.3 is 10.6 Å². The van der Waals surface area contributed by atoms with E-state index in [2.05, 4.69) is 28.1 Å². The highest BCUT2D eigenvalue weighted by Gasteiger charge is 2.54. The first-order valence-corrected chi connectivity index (χ1v) is 9.29. The Morgan fingerprint density at radius 1 is 1.07 bits per heavy atom. The number of nitrogens with two attached hydrogens (primary N) is 1. The minimum Gasteiger partial charge on any atom is -0.399 e. The number of rotatable bonds is 2. The summed E-state index contributed by atoms with van der Waals surface area (Å²) in [6.45, 7) is 1.19. The molecule has 140 valence electrons. The average molecular weight is 378 g/mol. The maximum Gasteiger partial charge on any atom is 0.191 e. The van der Waals surface area contributed by atoms with Gasteiger partial charge in [0.1, 0.15) is 6.07 Å². The summed E-state index contributed by atoms with van der Waals surface area (Å²) in [5.74, 6) is -0.768. The van der Waals surface area contributed by atoms with E-state index in [1.165, 1.54) is 0 Å². The molecular weight excluding hydrogens is 360 g/mol. The van der Waals surface area contributed by atoms with Crippen LogP contribution in [-0.2, 0) is 0 Å². The number of fused-ring (bicyclic) bond motifs is 1. The molecule has 6 nitrogen and oxygen atoms in total. The summed E-state index contributed by atoms with van der Waals surface area (Å²) in [4.78, 5) is 6.39. The van der Waals surface area contributed by atoms with Gasteiger partial charge in [0.15, 0.2) is 5.41 Å². The van der Waals surface area contributed by atoms with Gasteiger partial charge in [0.25, 0.3) is 0 Å². The van der Waals surface area contributed by atoms with Gasteiger partial charge in [-0.3, -0.25) is 4.98 Å². The molecule has 1 aliphatic carbocycles. The number of aromatic nitrogens is 1. The van der Waals surface area contributed by atoms with Crippen molar-refractivity contribution in [2.24, 2.45) is 17.1 Å². The van der Waals surface area contributed by atoms with Crippen molar-refractivity contribution < 1.29 is 0 Å². The van der Waals surface area contributed by atoms with E-state index >= 15 is 0 Å². The molecule has 2 atom stereocenters. The van der Waals surface area contributed by atoms with Crippen molar-refractivity contribution >= 4 is 5.69 Å². The molecular formula is C23H18N6. The van der Waals surface area contributed by atoms with E-state index < -0.39 is 11.3 Å². The Kier molecular flexibility index (Phi) is 4.51. The molecule has 0 amide bonds. The third kappa shape index (κ3) is 2.73. The second kappa shape index (κ2) is 7.15. The fourth-order valence-corrected chi connectivity index (χ4v) is 4.47. The lowest BCUT2D eigenvalue weighted by atomic mass is 9.58. The molecule has 1 aromatic heterocycles. The van der Waals surface area contributed by atoms with Gasteiger partial charge in [0, 0.05) is 43.0 Å². The number of nitrogens with zero attached hydrogens (tertiary/aromatic N) is 5. The number of para-hydroxylation sites is 1. The molecule has 0 saturated heterocycles. The Bertz CT molecular complexity index is 1100. The molecule has 0 spiro atoms. The number of allylic oxidation sites excluding steroid dienone is 2. The Morgan fingerprint density at radius 2 is 1.83 bits per heavy atom. The van der Waals surface area contributed by atoms with Crippen LogP contribution in [0, 0.1) is 45.3 Å². The highest BCUT2D eigenvalue weighted by molar-refractivity contribution is 5.61. The Hall–Kier alpha value is -4.08. The van der Waals surface area contributed by atoms with Crippen LogP contribution in [0.4, 0.5) is 5.69 Å². The Balaban J connectivity index is 1.93. The van der Waals surface area contributed by atoms with Gasteiger partial charge in [-0.15, -0.1) is 0 Å². The van der Waals surface area contributed by atoms with Crippen molar-refractivity contribution in [1.29, 1.82) is 15.8 Å².